The van der Waals surface area contributed by atoms with Crippen LogP contribution >= 0.6 is 0 Å². The Kier molecular flexibility index (Phi) is 0.821. The third-order valence-corrected chi connectivity index (χ3v) is 1.02. The Balaban J connectivity index is 2.09. The zero-order valence-electron chi connectivity index (χ0n) is 3.72. The standard InChI is InChI=1S/C4H8O2/c1-3-4(2-5)6-3/h3-5H,2H2,1H3/t3?,4-/m0/s1. The molecule has 0 aromatic carbocycles. The molecule has 0 aliphatic carbocycles. The van der Waals surface area contributed by atoms with E-state index >= 15 is 0 Å². The van der Waals surface area contributed by atoms with E-state index in [0.717, 1.165) is 0 Å². The Morgan fingerprint density at radius 3 is 2.33 bits per heavy atom. The number of hydrogen-bond donors (Lipinski definition) is 1. The van der Waals surface area contributed by atoms with E-state index in [0.29, 0.717) is 6.10 Å². The van der Waals surface area contributed by atoms with Crippen LogP contribution in [0.5, 0.6) is 0 Å². The fourth-order valence-electron chi connectivity index (χ4n) is 0.422. The van der Waals surface area contributed by atoms with Gasteiger partial charge in [0.05, 0.1) is 12.7 Å². The van der Waals surface area contributed by atoms with Crippen LogP contribution in [0.25, 0.3) is 0 Å². The van der Waals surface area contributed by atoms with E-state index in [9.17, 15) is 0 Å². The molecule has 1 N–H and O–H groups in total. The quantitative estimate of drug-likeness (QED) is 0.449. The van der Waals surface area contributed by atoms with E-state index in [1.54, 1.807) is 0 Å². The summed E-state index contributed by atoms with van der Waals surface area (Å²) in [5, 5.41) is 8.25. The summed E-state index contributed by atoms with van der Waals surface area (Å²) in [6.07, 6.45) is 0.472. The number of rotatable bonds is 1. The monoisotopic (exact) mass is 88.1 g/mol. The highest BCUT2D eigenvalue weighted by molar-refractivity contribution is 4.78. The van der Waals surface area contributed by atoms with Gasteiger partial charge in [-0.25, -0.2) is 0 Å². The second-order valence-corrected chi connectivity index (χ2v) is 1.56. The van der Waals surface area contributed by atoms with Gasteiger partial charge in [-0.2, -0.15) is 0 Å². The van der Waals surface area contributed by atoms with Crippen molar-refractivity contribution in [2.75, 3.05) is 6.61 Å². The number of epoxide rings is 1. The van der Waals surface area contributed by atoms with Crippen molar-refractivity contribution >= 4 is 0 Å². The molecule has 1 aliphatic rings. The van der Waals surface area contributed by atoms with Crippen LogP contribution in [0.2, 0.25) is 0 Å². The summed E-state index contributed by atoms with van der Waals surface area (Å²) in [6.45, 7) is 2.13. The minimum Gasteiger partial charge on any atom is -0.394 e. The van der Waals surface area contributed by atoms with Gasteiger partial charge in [0.2, 0.25) is 0 Å². The van der Waals surface area contributed by atoms with Crippen LogP contribution < -0.4 is 0 Å². The van der Waals surface area contributed by atoms with Gasteiger partial charge in [-0.05, 0) is 6.92 Å². The lowest BCUT2D eigenvalue weighted by molar-refractivity contribution is 0.242. The zero-order valence-corrected chi connectivity index (χ0v) is 3.72. The lowest BCUT2D eigenvalue weighted by Crippen LogP contribution is -1.93. The molecule has 0 radical (unpaired) electrons. The zero-order chi connectivity index (χ0) is 4.57. The molecule has 1 aliphatic heterocycles. The first-order valence-electron chi connectivity index (χ1n) is 2.11. The summed E-state index contributed by atoms with van der Waals surface area (Å²) in [7, 11) is 0. The highest BCUT2D eigenvalue weighted by Crippen LogP contribution is 2.18. The van der Waals surface area contributed by atoms with E-state index in [-0.39, 0.29) is 12.7 Å². The molecule has 1 saturated heterocycles. The highest BCUT2D eigenvalue weighted by atomic mass is 16.6. The Hall–Kier alpha value is -0.0800. The topological polar surface area (TPSA) is 32.8 Å². The maximum Gasteiger partial charge on any atom is 0.107 e. The average Bonchev–Trinajstić information content (AvgIpc) is 2.19. The van der Waals surface area contributed by atoms with Crippen LogP contribution in [-0.2, 0) is 4.74 Å². The van der Waals surface area contributed by atoms with Crippen molar-refractivity contribution in [3.05, 3.63) is 0 Å². The van der Waals surface area contributed by atoms with Crippen molar-refractivity contribution in [3.63, 3.8) is 0 Å². The molecule has 1 fully saturated rings. The smallest absolute Gasteiger partial charge is 0.107 e. The Labute approximate surface area is 36.7 Å². The highest BCUT2D eigenvalue weighted by Gasteiger charge is 2.32. The van der Waals surface area contributed by atoms with E-state index in [2.05, 4.69) is 0 Å². The van der Waals surface area contributed by atoms with Gasteiger partial charge in [0.15, 0.2) is 0 Å². The van der Waals surface area contributed by atoms with Crippen LogP contribution in [0.15, 0.2) is 0 Å². The maximum absolute atomic E-state index is 8.25. The predicted molar refractivity (Wildman–Crippen MR) is 21.4 cm³/mol. The molecule has 1 unspecified atom stereocenters. The third kappa shape index (κ3) is 0.533. The van der Waals surface area contributed by atoms with E-state index in [1.165, 1.54) is 0 Å². The number of hydrogen-bond acceptors (Lipinski definition) is 2. The van der Waals surface area contributed by atoms with Gasteiger partial charge in [0.25, 0.3) is 0 Å². The second kappa shape index (κ2) is 1.21. The van der Waals surface area contributed by atoms with Crippen molar-refractivity contribution in [2.24, 2.45) is 0 Å². The number of aliphatic hydroxyl groups is 1. The summed E-state index contributed by atoms with van der Waals surface area (Å²) < 4.78 is 4.82. The first kappa shape index (κ1) is 4.09. The minimum absolute atomic E-state index is 0.157. The molecular formula is C4H8O2. The fraction of sp³-hybridized carbons (Fsp3) is 1.00. The number of aliphatic hydroxyl groups excluding tert-OH is 1. The summed E-state index contributed by atoms with van der Waals surface area (Å²) in [6, 6.07) is 0. The average molecular weight is 88.1 g/mol. The molecule has 0 saturated carbocycles. The van der Waals surface area contributed by atoms with Gasteiger partial charge in [-0.1, -0.05) is 0 Å². The Morgan fingerprint density at radius 1 is 1.83 bits per heavy atom. The predicted octanol–water partition coefficient (Wildman–Crippen LogP) is -0.234. The molecule has 1 heterocycles. The van der Waals surface area contributed by atoms with Crippen molar-refractivity contribution in [1.82, 2.24) is 0 Å². The summed E-state index contributed by atoms with van der Waals surface area (Å²) in [5.41, 5.74) is 0. The Morgan fingerprint density at radius 2 is 2.33 bits per heavy atom. The molecule has 0 aromatic heterocycles. The van der Waals surface area contributed by atoms with Crippen LogP contribution in [0.3, 0.4) is 0 Å². The van der Waals surface area contributed by atoms with Crippen LogP contribution in [0, 0.1) is 0 Å². The van der Waals surface area contributed by atoms with E-state index < -0.39 is 0 Å². The summed E-state index contributed by atoms with van der Waals surface area (Å²) in [5.74, 6) is 0. The maximum atomic E-state index is 8.25. The van der Waals surface area contributed by atoms with Crippen LogP contribution in [0.4, 0.5) is 0 Å². The number of ether oxygens (including phenoxy) is 1. The van der Waals surface area contributed by atoms with Crippen molar-refractivity contribution in [2.45, 2.75) is 19.1 Å². The summed E-state index contributed by atoms with van der Waals surface area (Å²) >= 11 is 0. The van der Waals surface area contributed by atoms with Crippen molar-refractivity contribution in [3.8, 4) is 0 Å². The van der Waals surface area contributed by atoms with Crippen molar-refractivity contribution < 1.29 is 9.84 Å². The molecule has 2 nitrogen and oxygen atoms in total. The molecule has 0 bridgehead atoms. The largest absolute Gasteiger partial charge is 0.394 e. The van der Waals surface area contributed by atoms with Gasteiger partial charge < -0.3 is 9.84 Å². The second-order valence-electron chi connectivity index (χ2n) is 1.56. The molecule has 36 valence electrons. The SMILES string of the molecule is CC1O[C@H]1CO. The molecule has 0 spiro atoms. The first-order valence-corrected chi connectivity index (χ1v) is 2.11. The van der Waals surface area contributed by atoms with Gasteiger partial charge in [-0.15, -0.1) is 0 Å². The molecule has 0 amide bonds. The van der Waals surface area contributed by atoms with E-state index in [4.69, 9.17) is 9.84 Å². The first-order chi connectivity index (χ1) is 2.84. The van der Waals surface area contributed by atoms with Gasteiger partial charge in [0.1, 0.15) is 6.10 Å². The van der Waals surface area contributed by atoms with Gasteiger partial charge >= 0.3 is 0 Å². The van der Waals surface area contributed by atoms with Gasteiger partial charge in [-0.3, -0.25) is 0 Å². The fourth-order valence-corrected chi connectivity index (χ4v) is 0.422. The molecule has 0 aromatic rings. The van der Waals surface area contributed by atoms with Crippen LogP contribution in [-0.4, -0.2) is 23.9 Å². The molecule has 2 atom stereocenters. The molecule has 1 rings (SSSR count). The third-order valence-electron chi connectivity index (χ3n) is 1.02. The lowest BCUT2D eigenvalue weighted by Gasteiger charge is -1.73. The van der Waals surface area contributed by atoms with Crippen molar-refractivity contribution in [1.29, 1.82) is 0 Å². The summed E-state index contributed by atoms with van der Waals surface area (Å²) in [4.78, 5) is 0. The van der Waals surface area contributed by atoms with Gasteiger partial charge in [0, 0.05) is 0 Å². The minimum atomic E-state index is 0.157. The molecule has 2 heteroatoms. The Bertz CT molecular complexity index is 51.5. The normalized spacial score (nSPS) is 43.0. The van der Waals surface area contributed by atoms with E-state index in [1.807, 2.05) is 6.92 Å². The lowest BCUT2D eigenvalue weighted by atomic mass is 10.4. The van der Waals surface area contributed by atoms with Crippen LogP contribution in [0.1, 0.15) is 6.92 Å². The molecular weight excluding hydrogens is 80.0 g/mol. The molecule has 6 heavy (non-hydrogen) atoms.